The van der Waals surface area contributed by atoms with E-state index in [4.69, 9.17) is 11.6 Å². The fourth-order valence-electron chi connectivity index (χ4n) is 2.20. The van der Waals surface area contributed by atoms with Crippen LogP contribution < -0.4 is 5.32 Å². The summed E-state index contributed by atoms with van der Waals surface area (Å²) in [6.45, 7) is 0.841. The van der Waals surface area contributed by atoms with E-state index in [9.17, 15) is 0 Å². The van der Waals surface area contributed by atoms with Gasteiger partial charge in [0.05, 0.1) is 11.2 Å². The number of nitrogens with zero attached hydrogens (tertiary/aromatic N) is 1. The van der Waals surface area contributed by atoms with Gasteiger partial charge in [-0.05, 0) is 36.5 Å². The smallest absolute Gasteiger partial charge is 0.0795 e. The third-order valence-electron chi connectivity index (χ3n) is 3.31. The second-order valence-electron chi connectivity index (χ2n) is 4.73. The molecule has 0 saturated heterocycles. The fraction of sp³-hybridized carbons (Fsp3) is 0.357. The molecular weight excluding hydrogens is 264 g/mol. The van der Waals surface area contributed by atoms with E-state index in [1.807, 2.05) is 17.6 Å². The zero-order valence-corrected chi connectivity index (χ0v) is 11.5. The minimum atomic E-state index is 0.434. The van der Waals surface area contributed by atoms with Crippen molar-refractivity contribution in [3.63, 3.8) is 0 Å². The van der Waals surface area contributed by atoms with Gasteiger partial charge in [0, 0.05) is 23.0 Å². The molecule has 1 fully saturated rings. The van der Waals surface area contributed by atoms with E-state index in [-0.39, 0.29) is 0 Å². The van der Waals surface area contributed by atoms with Crippen LogP contribution in [0.25, 0.3) is 0 Å². The first-order valence-electron chi connectivity index (χ1n) is 6.19. The van der Waals surface area contributed by atoms with Gasteiger partial charge in [0.2, 0.25) is 0 Å². The van der Waals surface area contributed by atoms with Crippen LogP contribution in [-0.4, -0.2) is 4.98 Å². The van der Waals surface area contributed by atoms with E-state index in [0.29, 0.717) is 6.04 Å². The molecular formula is C14H15ClN2S. The van der Waals surface area contributed by atoms with E-state index in [1.165, 1.54) is 18.4 Å². The highest BCUT2D eigenvalue weighted by Gasteiger charge is 2.31. The number of thiazole rings is 1. The van der Waals surface area contributed by atoms with Crippen molar-refractivity contribution in [1.82, 2.24) is 10.3 Å². The molecule has 1 saturated carbocycles. The number of rotatable bonds is 5. The fourth-order valence-corrected chi connectivity index (χ4v) is 2.88. The summed E-state index contributed by atoms with van der Waals surface area (Å²) in [5.41, 5.74) is 4.34. The van der Waals surface area contributed by atoms with Crippen molar-refractivity contribution in [3.05, 3.63) is 51.4 Å². The second kappa shape index (κ2) is 5.39. The van der Waals surface area contributed by atoms with Gasteiger partial charge in [-0.1, -0.05) is 23.7 Å². The summed E-state index contributed by atoms with van der Waals surface area (Å²) in [5, 5.41) is 6.52. The number of aromatic nitrogens is 1. The molecule has 2 aromatic rings. The van der Waals surface area contributed by atoms with Crippen LogP contribution in [0.3, 0.4) is 0 Å². The summed E-state index contributed by atoms with van der Waals surface area (Å²) < 4.78 is 0. The van der Waals surface area contributed by atoms with E-state index in [0.717, 1.165) is 23.2 Å². The number of hydrogen-bond acceptors (Lipinski definition) is 3. The molecule has 4 heteroatoms. The first kappa shape index (κ1) is 12.2. The highest BCUT2D eigenvalue weighted by atomic mass is 35.5. The summed E-state index contributed by atoms with van der Waals surface area (Å²) in [6.07, 6.45) is 2.63. The van der Waals surface area contributed by atoms with Crippen LogP contribution in [0.15, 0.2) is 35.2 Å². The van der Waals surface area contributed by atoms with Gasteiger partial charge in [0.15, 0.2) is 0 Å². The van der Waals surface area contributed by atoms with Crippen molar-refractivity contribution < 1.29 is 0 Å². The lowest BCUT2D eigenvalue weighted by Gasteiger charge is -2.18. The standard InChI is InChI=1S/C14H15ClN2S/c15-12-5-3-11(4-6-12)14(10-1-2-10)16-7-13-8-18-9-17-13/h3-6,8-10,14,16H,1-2,7H2. The van der Waals surface area contributed by atoms with Crippen LogP contribution in [0.4, 0.5) is 0 Å². The first-order chi connectivity index (χ1) is 8.83. The molecule has 1 aromatic heterocycles. The van der Waals surface area contributed by atoms with E-state index >= 15 is 0 Å². The van der Waals surface area contributed by atoms with Gasteiger partial charge in [-0.3, -0.25) is 0 Å². The van der Waals surface area contributed by atoms with E-state index < -0.39 is 0 Å². The SMILES string of the molecule is Clc1ccc(C(NCc2cscn2)C2CC2)cc1. The van der Waals surface area contributed by atoms with Crippen LogP contribution >= 0.6 is 22.9 Å². The van der Waals surface area contributed by atoms with Gasteiger partial charge in [0.1, 0.15) is 0 Å². The molecule has 2 nitrogen and oxygen atoms in total. The zero-order valence-electron chi connectivity index (χ0n) is 9.97. The van der Waals surface area contributed by atoms with Crippen LogP contribution in [0.2, 0.25) is 5.02 Å². The summed E-state index contributed by atoms with van der Waals surface area (Å²) in [7, 11) is 0. The molecule has 0 radical (unpaired) electrons. The predicted octanol–water partition coefficient (Wildman–Crippen LogP) is 4.04. The van der Waals surface area contributed by atoms with Crippen molar-refractivity contribution in [1.29, 1.82) is 0 Å². The molecule has 0 bridgehead atoms. The van der Waals surface area contributed by atoms with Crippen molar-refractivity contribution in [2.24, 2.45) is 5.92 Å². The van der Waals surface area contributed by atoms with Gasteiger partial charge in [-0.2, -0.15) is 0 Å². The molecule has 3 rings (SSSR count). The van der Waals surface area contributed by atoms with Crippen LogP contribution in [0, 0.1) is 5.92 Å². The Hall–Kier alpha value is -0.900. The summed E-state index contributed by atoms with van der Waals surface area (Å²) in [5.74, 6) is 0.768. The molecule has 1 aliphatic carbocycles. The lowest BCUT2D eigenvalue weighted by molar-refractivity contribution is 0.477. The molecule has 1 aromatic carbocycles. The average Bonchev–Trinajstić information content (AvgIpc) is 3.08. The Kier molecular flexibility index (Phi) is 3.64. The summed E-state index contributed by atoms with van der Waals surface area (Å²) >= 11 is 7.59. The summed E-state index contributed by atoms with van der Waals surface area (Å²) in [4.78, 5) is 4.31. The normalized spacial score (nSPS) is 16.7. The van der Waals surface area contributed by atoms with Gasteiger partial charge in [-0.15, -0.1) is 11.3 Å². The Morgan fingerprint density at radius 1 is 1.33 bits per heavy atom. The molecule has 1 unspecified atom stereocenters. The van der Waals surface area contributed by atoms with E-state index in [2.05, 4.69) is 27.8 Å². The highest BCUT2D eigenvalue weighted by molar-refractivity contribution is 7.07. The maximum atomic E-state index is 5.94. The Labute approximate surface area is 116 Å². The van der Waals surface area contributed by atoms with Crippen LogP contribution in [0.5, 0.6) is 0 Å². The minimum Gasteiger partial charge on any atom is -0.304 e. The molecule has 1 N–H and O–H groups in total. The zero-order chi connectivity index (χ0) is 12.4. The summed E-state index contributed by atoms with van der Waals surface area (Å²) in [6, 6.07) is 8.62. The van der Waals surface area contributed by atoms with Crippen LogP contribution in [0.1, 0.15) is 30.1 Å². The quantitative estimate of drug-likeness (QED) is 0.893. The number of halogens is 1. The van der Waals surface area contributed by atoms with Gasteiger partial charge < -0.3 is 5.32 Å². The first-order valence-corrected chi connectivity index (χ1v) is 7.51. The van der Waals surface area contributed by atoms with Crippen molar-refractivity contribution >= 4 is 22.9 Å². The van der Waals surface area contributed by atoms with Crippen molar-refractivity contribution in [2.75, 3.05) is 0 Å². The molecule has 1 atom stereocenters. The predicted molar refractivity (Wildman–Crippen MR) is 75.9 cm³/mol. The third-order valence-corrected chi connectivity index (χ3v) is 4.20. The topological polar surface area (TPSA) is 24.9 Å². The number of benzene rings is 1. The third kappa shape index (κ3) is 2.91. The molecule has 0 aliphatic heterocycles. The van der Waals surface area contributed by atoms with Gasteiger partial charge in [-0.25, -0.2) is 4.98 Å². The highest BCUT2D eigenvalue weighted by Crippen LogP contribution is 2.41. The average molecular weight is 279 g/mol. The number of nitrogens with one attached hydrogen (secondary N) is 1. The second-order valence-corrected chi connectivity index (χ2v) is 5.88. The molecule has 1 heterocycles. The van der Waals surface area contributed by atoms with E-state index in [1.54, 1.807) is 11.3 Å². The maximum Gasteiger partial charge on any atom is 0.0795 e. The Morgan fingerprint density at radius 3 is 2.72 bits per heavy atom. The van der Waals surface area contributed by atoms with Crippen molar-refractivity contribution in [3.8, 4) is 0 Å². The molecule has 18 heavy (non-hydrogen) atoms. The molecule has 0 spiro atoms. The van der Waals surface area contributed by atoms with Crippen molar-refractivity contribution in [2.45, 2.75) is 25.4 Å². The monoisotopic (exact) mass is 278 g/mol. The molecule has 94 valence electrons. The van der Waals surface area contributed by atoms with Gasteiger partial charge in [0.25, 0.3) is 0 Å². The minimum absolute atomic E-state index is 0.434. The van der Waals surface area contributed by atoms with Crippen LogP contribution in [-0.2, 0) is 6.54 Å². The Morgan fingerprint density at radius 2 is 2.11 bits per heavy atom. The lowest BCUT2D eigenvalue weighted by atomic mass is 10.0. The lowest BCUT2D eigenvalue weighted by Crippen LogP contribution is -2.22. The maximum absolute atomic E-state index is 5.94. The Bertz CT molecular complexity index is 491. The number of hydrogen-bond donors (Lipinski definition) is 1. The van der Waals surface area contributed by atoms with Gasteiger partial charge >= 0.3 is 0 Å². The largest absolute Gasteiger partial charge is 0.304 e. The molecule has 0 amide bonds. The Balaban J connectivity index is 1.70. The molecule has 1 aliphatic rings.